The second-order valence-electron chi connectivity index (χ2n) is 1.99. The Bertz CT molecular complexity index is 235. The van der Waals surface area contributed by atoms with E-state index in [1.807, 2.05) is 0 Å². The molecule has 1 aromatic heterocycles. The molecular weight excluding hydrogens is 174 g/mol. The first kappa shape index (κ1) is 11.5. The van der Waals surface area contributed by atoms with Crippen molar-refractivity contribution in [2.45, 2.75) is 0 Å². The van der Waals surface area contributed by atoms with Crippen molar-refractivity contribution < 1.29 is 20.1 Å². The summed E-state index contributed by atoms with van der Waals surface area (Å²) in [5.74, 6) is -0.942. The van der Waals surface area contributed by atoms with Gasteiger partial charge in [-0.3, -0.25) is 4.98 Å². The molecule has 0 aliphatic rings. The van der Waals surface area contributed by atoms with Gasteiger partial charge in [-0.25, -0.2) is 4.79 Å². The van der Waals surface area contributed by atoms with E-state index in [1.165, 1.54) is 18.5 Å². The van der Waals surface area contributed by atoms with Gasteiger partial charge < -0.3 is 15.3 Å². The highest BCUT2D eigenvalue weighted by molar-refractivity contribution is 5.86. The van der Waals surface area contributed by atoms with Crippen LogP contribution in [-0.2, 0) is 0 Å². The zero-order chi connectivity index (χ0) is 10.1. The molecule has 0 unspecified atom stereocenters. The first-order valence-electron chi connectivity index (χ1n) is 3.57. The van der Waals surface area contributed by atoms with E-state index in [2.05, 4.69) is 4.98 Å². The Morgan fingerprint density at radius 3 is 2.23 bits per heavy atom. The van der Waals surface area contributed by atoms with Gasteiger partial charge in [-0.2, -0.15) is 0 Å². The fourth-order valence-corrected chi connectivity index (χ4v) is 0.489. The van der Waals surface area contributed by atoms with E-state index < -0.39 is 5.97 Å². The molecule has 72 valence electrons. The first-order valence-corrected chi connectivity index (χ1v) is 3.57. The Kier molecular flexibility index (Phi) is 6.39. The monoisotopic (exact) mass is 185 g/mol. The van der Waals surface area contributed by atoms with Gasteiger partial charge in [0.25, 0.3) is 0 Å². The molecule has 0 spiro atoms. The number of nitrogens with zero attached hydrogens (tertiary/aromatic N) is 1. The molecule has 0 saturated heterocycles. The van der Waals surface area contributed by atoms with Gasteiger partial charge >= 0.3 is 5.97 Å². The van der Waals surface area contributed by atoms with Gasteiger partial charge in [0.2, 0.25) is 0 Å². The normalized spacial score (nSPS) is 8.46. The van der Waals surface area contributed by atoms with Crippen LogP contribution in [0.3, 0.4) is 0 Å². The van der Waals surface area contributed by atoms with Crippen LogP contribution in [0, 0.1) is 0 Å². The second-order valence-corrected chi connectivity index (χ2v) is 1.99. The van der Waals surface area contributed by atoms with Crippen LogP contribution in [0.1, 0.15) is 10.4 Å². The first-order chi connectivity index (χ1) is 6.22. The molecule has 1 aromatic rings. The maximum absolute atomic E-state index is 10.2. The molecule has 0 fully saturated rings. The lowest BCUT2D eigenvalue weighted by molar-refractivity contribution is 0.0696. The Balaban J connectivity index is 0.000000310. The van der Waals surface area contributed by atoms with Crippen LogP contribution in [0.2, 0.25) is 0 Å². The van der Waals surface area contributed by atoms with E-state index >= 15 is 0 Å². The molecule has 0 saturated carbocycles. The Hall–Kier alpha value is -1.46. The molecule has 0 amide bonds. The molecule has 5 nitrogen and oxygen atoms in total. The molecule has 3 N–H and O–H groups in total. The lowest BCUT2D eigenvalue weighted by Crippen LogP contribution is -1.94. The molecule has 0 radical (unpaired) electrons. The Morgan fingerprint density at radius 1 is 1.38 bits per heavy atom. The van der Waals surface area contributed by atoms with Gasteiger partial charge in [0.15, 0.2) is 0 Å². The van der Waals surface area contributed by atoms with Gasteiger partial charge in [0.05, 0.1) is 18.8 Å². The minimum absolute atomic E-state index is 0.125. The smallest absolute Gasteiger partial charge is 0.337 e. The third-order valence-electron chi connectivity index (χ3n) is 1.01. The minimum Gasteiger partial charge on any atom is -0.478 e. The highest BCUT2D eigenvalue weighted by Crippen LogP contribution is 1.92. The number of rotatable bonds is 2. The minimum atomic E-state index is -0.942. The lowest BCUT2D eigenvalue weighted by Gasteiger charge is -1.87. The van der Waals surface area contributed by atoms with E-state index in [0.717, 1.165) is 0 Å². The summed E-state index contributed by atoms with van der Waals surface area (Å²) in [6.45, 7) is -0.250. The largest absolute Gasteiger partial charge is 0.478 e. The van der Waals surface area contributed by atoms with Crippen molar-refractivity contribution in [3.05, 3.63) is 30.1 Å². The quantitative estimate of drug-likeness (QED) is 0.591. The highest BCUT2D eigenvalue weighted by Gasteiger charge is 1.97. The summed E-state index contributed by atoms with van der Waals surface area (Å²) < 4.78 is 0. The number of aromatic nitrogens is 1. The predicted octanol–water partition coefficient (Wildman–Crippen LogP) is -0.249. The lowest BCUT2D eigenvalue weighted by atomic mass is 10.3. The molecule has 1 rings (SSSR count). The molecule has 0 aliphatic heterocycles. The molecule has 0 bridgehead atoms. The molecule has 0 aliphatic carbocycles. The molecule has 1 heterocycles. The average molecular weight is 185 g/mol. The van der Waals surface area contributed by atoms with Crippen molar-refractivity contribution in [2.24, 2.45) is 0 Å². The number of carbonyl (C=O) groups is 1. The summed E-state index contributed by atoms with van der Waals surface area (Å²) in [4.78, 5) is 13.8. The number of aliphatic hydroxyl groups is 2. The number of pyridine rings is 1. The third kappa shape index (κ3) is 5.77. The van der Waals surface area contributed by atoms with Crippen LogP contribution in [0.5, 0.6) is 0 Å². The topological polar surface area (TPSA) is 90.7 Å². The summed E-state index contributed by atoms with van der Waals surface area (Å²) in [5.41, 5.74) is 0.220. The Morgan fingerprint density at radius 2 is 2.00 bits per heavy atom. The maximum Gasteiger partial charge on any atom is 0.337 e. The van der Waals surface area contributed by atoms with Gasteiger partial charge in [-0.05, 0) is 12.1 Å². The van der Waals surface area contributed by atoms with Gasteiger partial charge in [-0.1, -0.05) is 0 Å². The highest BCUT2D eigenvalue weighted by atomic mass is 16.4. The van der Waals surface area contributed by atoms with Crippen molar-refractivity contribution in [3.63, 3.8) is 0 Å². The number of aromatic carboxylic acids is 1. The van der Waals surface area contributed by atoms with E-state index in [1.54, 1.807) is 6.07 Å². The summed E-state index contributed by atoms with van der Waals surface area (Å²) in [6.07, 6.45) is 2.84. The van der Waals surface area contributed by atoms with Crippen molar-refractivity contribution in [1.29, 1.82) is 0 Å². The number of carboxylic acids is 1. The van der Waals surface area contributed by atoms with Gasteiger partial charge in [0.1, 0.15) is 0 Å². The summed E-state index contributed by atoms with van der Waals surface area (Å²) >= 11 is 0. The van der Waals surface area contributed by atoms with Crippen molar-refractivity contribution >= 4 is 5.97 Å². The van der Waals surface area contributed by atoms with Crippen LogP contribution in [-0.4, -0.2) is 39.5 Å². The van der Waals surface area contributed by atoms with Crippen LogP contribution in [0.25, 0.3) is 0 Å². The van der Waals surface area contributed by atoms with Crippen LogP contribution in [0.4, 0.5) is 0 Å². The van der Waals surface area contributed by atoms with E-state index in [9.17, 15) is 4.79 Å². The standard InChI is InChI=1S/C6H5NO2.C2H6O2/c8-6(9)5-2-1-3-7-4-5;3-1-2-4/h1-4H,(H,8,9);3-4H,1-2H2. The number of hydrogen-bond acceptors (Lipinski definition) is 4. The molecular formula is C8H11NO4. The summed E-state index contributed by atoms with van der Waals surface area (Å²) in [5, 5.41) is 23.6. The zero-order valence-corrected chi connectivity index (χ0v) is 6.92. The molecule has 0 atom stereocenters. The molecule has 13 heavy (non-hydrogen) atoms. The van der Waals surface area contributed by atoms with Crippen LogP contribution >= 0.6 is 0 Å². The van der Waals surface area contributed by atoms with Crippen LogP contribution < -0.4 is 0 Å². The van der Waals surface area contributed by atoms with Gasteiger partial charge in [-0.15, -0.1) is 0 Å². The van der Waals surface area contributed by atoms with E-state index in [0.29, 0.717) is 0 Å². The fourth-order valence-electron chi connectivity index (χ4n) is 0.489. The Labute approximate surface area is 75.3 Å². The van der Waals surface area contributed by atoms with E-state index in [4.69, 9.17) is 15.3 Å². The van der Waals surface area contributed by atoms with E-state index in [-0.39, 0.29) is 18.8 Å². The second kappa shape index (κ2) is 7.20. The predicted molar refractivity (Wildman–Crippen MR) is 45.4 cm³/mol. The maximum atomic E-state index is 10.2. The van der Waals surface area contributed by atoms with Crippen molar-refractivity contribution in [2.75, 3.05) is 13.2 Å². The number of carboxylic acid groups (broad SMARTS) is 1. The molecule has 0 aromatic carbocycles. The summed E-state index contributed by atoms with van der Waals surface area (Å²) in [6, 6.07) is 3.08. The van der Waals surface area contributed by atoms with Crippen molar-refractivity contribution in [1.82, 2.24) is 4.98 Å². The average Bonchev–Trinajstić information content (AvgIpc) is 2.19. The summed E-state index contributed by atoms with van der Waals surface area (Å²) in [7, 11) is 0. The number of hydrogen-bond donors (Lipinski definition) is 3. The zero-order valence-electron chi connectivity index (χ0n) is 6.92. The SMILES string of the molecule is O=C(O)c1cccnc1.OCCO. The molecule has 5 heteroatoms. The fraction of sp³-hybridized carbons (Fsp3) is 0.250. The third-order valence-corrected chi connectivity index (χ3v) is 1.01. The number of aliphatic hydroxyl groups excluding tert-OH is 2. The van der Waals surface area contributed by atoms with Crippen LogP contribution in [0.15, 0.2) is 24.5 Å². The van der Waals surface area contributed by atoms with Crippen molar-refractivity contribution in [3.8, 4) is 0 Å². The van der Waals surface area contributed by atoms with Gasteiger partial charge in [0, 0.05) is 12.4 Å².